The van der Waals surface area contributed by atoms with E-state index in [0.717, 1.165) is 6.42 Å². The smallest absolute Gasteiger partial charge is 0.308 e. The molecule has 3 N–H and O–H groups in total. The Hall–Kier alpha value is -1.93. The van der Waals surface area contributed by atoms with E-state index in [4.69, 9.17) is 14.9 Å². The fourth-order valence-corrected chi connectivity index (χ4v) is 2.56. The van der Waals surface area contributed by atoms with Crippen LogP contribution in [0.2, 0.25) is 0 Å². The molecule has 0 fully saturated rings. The maximum atomic E-state index is 11.9. The van der Waals surface area contributed by atoms with Gasteiger partial charge in [-0.1, -0.05) is 12.2 Å². The second-order valence-electron chi connectivity index (χ2n) is 7.73. The van der Waals surface area contributed by atoms with Gasteiger partial charge in [-0.2, -0.15) is 0 Å². The Morgan fingerprint density at radius 3 is 2.07 bits per heavy atom. The van der Waals surface area contributed by atoms with Crippen LogP contribution in [0.5, 0.6) is 0 Å². The van der Waals surface area contributed by atoms with Gasteiger partial charge in [-0.3, -0.25) is 14.4 Å². The first kappa shape index (κ1) is 25.1. The minimum atomic E-state index is -1.03. The second kappa shape index (κ2) is 13.3. The number of carboxylic acid groups (broad SMARTS) is 2. The van der Waals surface area contributed by atoms with Crippen LogP contribution < -0.4 is 0 Å². The Labute approximate surface area is 161 Å². The molecule has 0 heterocycles. The van der Waals surface area contributed by atoms with Gasteiger partial charge < -0.3 is 24.5 Å². The highest BCUT2D eigenvalue weighted by molar-refractivity contribution is 5.72. The lowest BCUT2D eigenvalue weighted by Crippen LogP contribution is -2.44. The minimum Gasteiger partial charge on any atom is -0.481 e. The average Bonchev–Trinajstić information content (AvgIpc) is 2.46. The number of hydrogen-bond donors (Lipinski definition) is 3. The number of carbonyl (C=O) groups excluding carboxylic acids is 1. The summed E-state index contributed by atoms with van der Waals surface area (Å²) in [6.45, 7) is 0.376. The quantitative estimate of drug-likeness (QED) is 0.169. The fourth-order valence-electron chi connectivity index (χ4n) is 2.56. The summed E-state index contributed by atoms with van der Waals surface area (Å²) in [7, 11) is 5.65. The molecular weight excluding hydrogens is 354 g/mol. The van der Waals surface area contributed by atoms with Gasteiger partial charge in [-0.25, -0.2) is 0 Å². The van der Waals surface area contributed by atoms with E-state index in [9.17, 15) is 19.5 Å². The molecule has 0 bridgehead atoms. The van der Waals surface area contributed by atoms with E-state index in [2.05, 4.69) is 0 Å². The van der Waals surface area contributed by atoms with E-state index in [0.29, 0.717) is 36.7 Å². The van der Waals surface area contributed by atoms with Gasteiger partial charge in [-0.05, 0) is 32.1 Å². The molecule has 0 saturated carbocycles. The first-order chi connectivity index (χ1) is 12.5. The monoisotopic (exact) mass is 388 g/mol. The molecule has 156 valence electrons. The zero-order valence-corrected chi connectivity index (χ0v) is 16.6. The molecule has 0 aliphatic carbocycles. The van der Waals surface area contributed by atoms with E-state index >= 15 is 0 Å². The molecule has 27 heavy (non-hydrogen) atoms. The van der Waals surface area contributed by atoms with Crippen LogP contribution in [0.25, 0.3) is 0 Å². The van der Waals surface area contributed by atoms with Crippen molar-refractivity contribution in [2.24, 2.45) is 0 Å². The van der Waals surface area contributed by atoms with Crippen molar-refractivity contribution in [2.75, 3.05) is 27.7 Å². The maximum absolute atomic E-state index is 11.9. The first-order valence-corrected chi connectivity index (χ1v) is 9.26. The van der Waals surface area contributed by atoms with Crippen molar-refractivity contribution >= 4 is 17.9 Å². The van der Waals surface area contributed by atoms with Crippen LogP contribution in [0, 0.1) is 0 Å². The first-order valence-electron chi connectivity index (χ1n) is 9.26. The lowest BCUT2D eigenvalue weighted by molar-refractivity contribution is -0.873. The van der Waals surface area contributed by atoms with Crippen molar-refractivity contribution < 1.29 is 38.9 Å². The molecule has 0 saturated heterocycles. The number of ether oxygens (including phenoxy) is 1. The average molecular weight is 388 g/mol. The highest BCUT2D eigenvalue weighted by Crippen LogP contribution is 2.11. The molecule has 2 unspecified atom stereocenters. The molecule has 8 heteroatoms. The van der Waals surface area contributed by atoms with Crippen LogP contribution in [0.4, 0.5) is 0 Å². The number of allylic oxidation sites excluding steroid dienone is 2. The number of esters is 1. The Bertz CT molecular complexity index is 497. The summed E-state index contributed by atoms with van der Waals surface area (Å²) >= 11 is 0. The summed E-state index contributed by atoms with van der Waals surface area (Å²) in [4.78, 5) is 33.2. The van der Waals surface area contributed by atoms with Crippen LogP contribution in [0.15, 0.2) is 12.2 Å². The van der Waals surface area contributed by atoms with E-state index in [1.165, 1.54) is 0 Å². The van der Waals surface area contributed by atoms with Gasteiger partial charge in [0, 0.05) is 6.42 Å². The third kappa shape index (κ3) is 17.3. The van der Waals surface area contributed by atoms with Crippen LogP contribution in [0.3, 0.4) is 0 Å². The number of aliphatic hydroxyl groups is 1. The predicted octanol–water partition coefficient (Wildman–Crippen LogP) is 1.81. The molecule has 0 radical (unpaired) electrons. The molecule has 2 atom stereocenters. The van der Waals surface area contributed by atoms with Crippen LogP contribution >= 0.6 is 0 Å². The van der Waals surface area contributed by atoms with Gasteiger partial charge >= 0.3 is 17.9 Å². The van der Waals surface area contributed by atoms with Gasteiger partial charge in [0.2, 0.25) is 0 Å². The number of unbranched alkanes of at least 4 members (excludes halogenated alkanes) is 2. The molecule has 0 aromatic heterocycles. The van der Waals surface area contributed by atoms with Gasteiger partial charge in [0.1, 0.15) is 6.54 Å². The number of nitrogens with zero attached hydrogens (tertiary/aromatic N) is 1. The largest absolute Gasteiger partial charge is 0.481 e. The minimum absolute atomic E-state index is 0.155. The predicted molar refractivity (Wildman–Crippen MR) is 100 cm³/mol. The SMILES string of the molecule is C[N+](C)(C)CC(CC(=O)O)OC(=O)CC(O)CCC/C=C/CCCC(=O)O. The fraction of sp³-hybridized carbons (Fsp3) is 0.737. The molecule has 0 aliphatic rings. The number of hydrogen-bond acceptors (Lipinski definition) is 5. The van der Waals surface area contributed by atoms with Gasteiger partial charge in [0.25, 0.3) is 0 Å². The Kier molecular flexibility index (Phi) is 12.3. The zero-order valence-electron chi connectivity index (χ0n) is 16.6. The normalized spacial score (nSPS) is 14.1. The molecular formula is C19H34NO7+. The molecule has 0 rings (SSSR count). The number of rotatable bonds is 15. The van der Waals surface area contributed by atoms with Gasteiger partial charge in [-0.15, -0.1) is 0 Å². The Morgan fingerprint density at radius 2 is 1.56 bits per heavy atom. The van der Waals surface area contributed by atoms with Crippen LogP contribution in [-0.4, -0.2) is 77.6 Å². The number of aliphatic carboxylic acids is 2. The highest BCUT2D eigenvalue weighted by atomic mass is 16.5. The van der Waals surface area contributed by atoms with E-state index in [1.807, 2.05) is 33.3 Å². The van der Waals surface area contributed by atoms with Crippen LogP contribution in [0.1, 0.15) is 51.4 Å². The molecule has 0 aromatic rings. The maximum Gasteiger partial charge on any atom is 0.308 e. The third-order valence-corrected chi connectivity index (χ3v) is 3.69. The van der Waals surface area contributed by atoms with Gasteiger partial charge in [0.15, 0.2) is 6.10 Å². The summed E-state index contributed by atoms with van der Waals surface area (Å²) in [5, 5.41) is 27.4. The topological polar surface area (TPSA) is 121 Å². The van der Waals surface area contributed by atoms with Crippen LogP contribution in [-0.2, 0) is 19.1 Å². The van der Waals surface area contributed by atoms with Gasteiger partial charge in [0.05, 0.1) is 40.1 Å². The van der Waals surface area contributed by atoms with Crippen molar-refractivity contribution in [3.63, 3.8) is 0 Å². The lowest BCUT2D eigenvalue weighted by Gasteiger charge is -2.28. The van der Waals surface area contributed by atoms with E-state index in [-0.39, 0.29) is 19.3 Å². The standard InChI is InChI=1S/C19H33NO7/c1-20(2,3)14-16(13-18(24)25)27-19(26)12-15(21)10-8-6-4-5-7-9-11-17(22)23/h4-5,15-16,21H,6-14H2,1-3H3,(H-,22,23,24,25)/p+1/b5-4+. The van der Waals surface area contributed by atoms with Crippen molar-refractivity contribution in [1.82, 2.24) is 0 Å². The van der Waals surface area contributed by atoms with Crippen molar-refractivity contribution in [3.05, 3.63) is 12.2 Å². The second-order valence-corrected chi connectivity index (χ2v) is 7.73. The lowest BCUT2D eigenvalue weighted by atomic mass is 10.1. The van der Waals surface area contributed by atoms with Crippen molar-refractivity contribution in [3.8, 4) is 0 Å². The number of carboxylic acids is 2. The summed E-state index contributed by atoms with van der Waals surface area (Å²) in [5.74, 6) is -2.42. The Balaban J connectivity index is 4.08. The molecule has 8 nitrogen and oxygen atoms in total. The molecule has 0 aromatic carbocycles. The number of quaternary nitrogens is 1. The number of carbonyl (C=O) groups is 3. The summed E-state index contributed by atoms with van der Waals surface area (Å²) < 4.78 is 5.71. The molecule has 0 amide bonds. The highest BCUT2D eigenvalue weighted by Gasteiger charge is 2.25. The van der Waals surface area contributed by atoms with E-state index in [1.54, 1.807) is 0 Å². The molecule has 0 aliphatic heterocycles. The summed E-state index contributed by atoms with van der Waals surface area (Å²) in [6, 6.07) is 0. The number of likely N-dealkylation sites (N-methyl/N-ethyl adjacent to an activating group) is 1. The van der Waals surface area contributed by atoms with Crippen molar-refractivity contribution in [2.45, 2.75) is 63.6 Å². The summed E-state index contributed by atoms with van der Waals surface area (Å²) in [6.07, 6.45) is 5.23. The third-order valence-electron chi connectivity index (χ3n) is 3.69. The van der Waals surface area contributed by atoms with E-state index < -0.39 is 30.1 Å². The zero-order chi connectivity index (χ0) is 20.9. The van der Waals surface area contributed by atoms with Crippen molar-refractivity contribution in [1.29, 1.82) is 0 Å². The summed E-state index contributed by atoms with van der Waals surface area (Å²) in [5.41, 5.74) is 0. The molecule has 0 spiro atoms. The Morgan fingerprint density at radius 1 is 0.963 bits per heavy atom. The number of aliphatic hydroxyl groups excluding tert-OH is 1.